The molecule has 66 valence electrons. The van der Waals surface area contributed by atoms with Gasteiger partial charge in [-0.1, -0.05) is 0 Å². The standard InChI is InChI=1S/C3H7NO3S4/c1-9-4(10-2)3(8)11(5,6)7/h1-2H3,(H,5,6,7). The summed E-state index contributed by atoms with van der Waals surface area (Å²) in [5.41, 5.74) is 0. The second kappa shape index (κ2) is 4.51. The van der Waals surface area contributed by atoms with Crippen LogP contribution in [0.5, 0.6) is 0 Å². The second-order valence-corrected chi connectivity index (χ2v) is 5.04. The summed E-state index contributed by atoms with van der Waals surface area (Å²) < 4.78 is 30.1. The van der Waals surface area contributed by atoms with Gasteiger partial charge in [-0.15, -0.1) is 0 Å². The topological polar surface area (TPSA) is 57.6 Å². The van der Waals surface area contributed by atoms with Gasteiger partial charge in [0.05, 0.1) is 0 Å². The van der Waals surface area contributed by atoms with Crippen molar-refractivity contribution < 1.29 is 13.0 Å². The lowest BCUT2D eigenvalue weighted by molar-refractivity contribution is 0.497. The lowest BCUT2D eigenvalue weighted by Gasteiger charge is -2.14. The van der Waals surface area contributed by atoms with E-state index < -0.39 is 14.4 Å². The van der Waals surface area contributed by atoms with Gasteiger partial charge in [-0.3, -0.25) is 4.55 Å². The van der Waals surface area contributed by atoms with Crippen molar-refractivity contribution in [3.63, 3.8) is 0 Å². The van der Waals surface area contributed by atoms with Gasteiger partial charge >= 0.3 is 10.1 Å². The molecule has 0 saturated heterocycles. The Hall–Kier alpha value is 0.500. The van der Waals surface area contributed by atoms with Crippen LogP contribution in [0.1, 0.15) is 0 Å². The zero-order valence-corrected chi connectivity index (χ0v) is 9.11. The van der Waals surface area contributed by atoms with Crippen molar-refractivity contribution in [2.75, 3.05) is 12.5 Å². The molecule has 0 amide bonds. The molecule has 0 heterocycles. The molecule has 0 aliphatic carbocycles. The zero-order chi connectivity index (χ0) is 9.07. The van der Waals surface area contributed by atoms with Crippen LogP contribution in [0.15, 0.2) is 0 Å². The first kappa shape index (κ1) is 11.5. The van der Waals surface area contributed by atoms with Crippen LogP contribution in [0.4, 0.5) is 0 Å². The van der Waals surface area contributed by atoms with E-state index in [-0.39, 0.29) is 0 Å². The van der Waals surface area contributed by atoms with Crippen molar-refractivity contribution in [3.05, 3.63) is 0 Å². The van der Waals surface area contributed by atoms with Crippen LogP contribution in [0.3, 0.4) is 0 Å². The molecule has 0 fully saturated rings. The van der Waals surface area contributed by atoms with Crippen LogP contribution in [0.25, 0.3) is 0 Å². The van der Waals surface area contributed by atoms with Gasteiger partial charge in [0, 0.05) is 12.5 Å². The molecule has 0 atom stereocenters. The summed E-state index contributed by atoms with van der Waals surface area (Å²) in [6.07, 6.45) is 3.32. The van der Waals surface area contributed by atoms with E-state index in [1.807, 2.05) is 0 Å². The number of hydrogen-bond acceptors (Lipinski definition) is 5. The predicted octanol–water partition coefficient (Wildman–Crippen LogP) is 1.02. The van der Waals surface area contributed by atoms with E-state index in [4.69, 9.17) is 4.55 Å². The Balaban J connectivity index is 4.48. The molecule has 0 aliphatic heterocycles. The Morgan fingerprint density at radius 2 is 1.82 bits per heavy atom. The lowest BCUT2D eigenvalue weighted by Crippen LogP contribution is -2.23. The van der Waals surface area contributed by atoms with Gasteiger partial charge in [-0.05, 0) is 36.1 Å². The normalized spacial score (nSPS) is 11.2. The molecule has 11 heavy (non-hydrogen) atoms. The van der Waals surface area contributed by atoms with Gasteiger partial charge in [-0.25, -0.2) is 3.71 Å². The first-order valence-corrected chi connectivity index (χ1v) is 6.54. The first-order chi connectivity index (χ1) is 4.93. The maximum absolute atomic E-state index is 10.4. The molecule has 0 bridgehead atoms. The number of rotatable bonds is 2. The molecule has 8 heteroatoms. The summed E-state index contributed by atoms with van der Waals surface area (Å²) in [7, 11) is -4.21. The molecular formula is C3H7NO3S4. The van der Waals surface area contributed by atoms with Crippen molar-refractivity contribution in [2.24, 2.45) is 0 Å². The Kier molecular flexibility index (Phi) is 4.71. The minimum Gasteiger partial charge on any atom is -0.280 e. The molecule has 0 rings (SSSR count). The molecular weight excluding hydrogens is 226 g/mol. The summed E-state index contributed by atoms with van der Waals surface area (Å²) in [6, 6.07) is 0. The van der Waals surface area contributed by atoms with E-state index >= 15 is 0 Å². The summed E-state index contributed by atoms with van der Waals surface area (Å²) in [5.74, 6) is 0. The highest BCUT2D eigenvalue weighted by molar-refractivity contribution is 8.20. The van der Waals surface area contributed by atoms with E-state index in [9.17, 15) is 8.42 Å². The monoisotopic (exact) mass is 233 g/mol. The van der Waals surface area contributed by atoms with Crippen LogP contribution in [-0.4, -0.2) is 33.5 Å². The predicted molar refractivity (Wildman–Crippen MR) is 53.0 cm³/mol. The highest BCUT2D eigenvalue weighted by Gasteiger charge is 2.20. The molecule has 4 nitrogen and oxygen atoms in total. The van der Waals surface area contributed by atoms with Crippen molar-refractivity contribution in [2.45, 2.75) is 0 Å². The van der Waals surface area contributed by atoms with E-state index in [2.05, 4.69) is 12.2 Å². The van der Waals surface area contributed by atoms with Crippen molar-refractivity contribution in [1.29, 1.82) is 0 Å². The van der Waals surface area contributed by atoms with Crippen molar-refractivity contribution in [1.82, 2.24) is 3.71 Å². The first-order valence-electron chi connectivity index (χ1n) is 2.33. The molecule has 0 aromatic heterocycles. The summed E-state index contributed by atoms with van der Waals surface area (Å²) >= 11 is 6.70. The van der Waals surface area contributed by atoms with E-state index in [0.29, 0.717) is 0 Å². The Bertz CT molecular complexity index is 231. The largest absolute Gasteiger partial charge is 0.322 e. The highest BCUT2D eigenvalue weighted by atomic mass is 32.2. The second-order valence-electron chi connectivity index (χ2n) is 1.36. The fourth-order valence-corrected chi connectivity index (χ4v) is 2.86. The third kappa shape index (κ3) is 3.61. The van der Waals surface area contributed by atoms with Crippen molar-refractivity contribution in [3.8, 4) is 0 Å². The summed E-state index contributed by atoms with van der Waals surface area (Å²) in [4.78, 5) is 0. The zero-order valence-electron chi connectivity index (χ0n) is 5.84. The quantitative estimate of drug-likeness (QED) is 0.434. The third-order valence-corrected chi connectivity index (χ3v) is 4.52. The van der Waals surface area contributed by atoms with Gasteiger partial charge in [0.15, 0.2) is 0 Å². The van der Waals surface area contributed by atoms with Gasteiger partial charge < -0.3 is 0 Å². The third-order valence-electron chi connectivity index (χ3n) is 0.701. The molecule has 0 saturated carbocycles. The van der Waals surface area contributed by atoms with Crippen LogP contribution >= 0.6 is 36.1 Å². The van der Waals surface area contributed by atoms with Crippen molar-refractivity contribution >= 4 is 50.6 Å². The molecule has 0 spiro atoms. The maximum atomic E-state index is 10.4. The van der Waals surface area contributed by atoms with Gasteiger partial charge in [-0.2, -0.15) is 8.42 Å². The average molecular weight is 233 g/mol. The number of hydrogen-bond donors (Lipinski definition) is 1. The molecule has 0 radical (unpaired) electrons. The van der Waals surface area contributed by atoms with Crippen LogP contribution in [0, 0.1) is 0 Å². The molecule has 0 unspecified atom stereocenters. The Labute approximate surface area is 79.7 Å². The number of thiocarbonyl (C=S) groups is 1. The summed E-state index contributed by atoms with van der Waals surface area (Å²) in [6.45, 7) is 0. The van der Waals surface area contributed by atoms with E-state index in [1.54, 1.807) is 12.5 Å². The fourth-order valence-electron chi connectivity index (χ4n) is 0.318. The minimum absolute atomic E-state index is 0.475. The van der Waals surface area contributed by atoms with E-state index in [0.717, 1.165) is 23.9 Å². The lowest BCUT2D eigenvalue weighted by atomic mass is 11.5. The van der Waals surface area contributed by atoms with Crippen LogP contribution in [0.2, 0.25) is 0 Å². The van der Waals surface area contributed by atoms with Crippen LogP contribution < -0.4 is 0 Å². The number of nitrogens with zero attached hydrogens (tertiary/aromatic N) is 1. The van der Waals surface area contributed by atoms with Gasteiger partial charge in [0.25, 0.3) is 0 Å². The maximum Gasteiger partial charge on any atom is 0.322 e. The minimum atomic E-state index is -4.21. The van der Waals surface area contributed by atoms with Gasteiger partial charge in [0.1, 0.15) is 0 Å². The Morgan fingerprint density at radius 1 is 1.45 bits per heavy atom. The van der Waals surface area contributed by atoms with Gasteiger partial charge in [0.2, 0.25) is 4.32 Å². The molecule has 1 N–H and O–H groups in total. The fraction of sp³-hybridized carbons (Fsp3) is 0.667. The van der Waals surface area contributed by atoms with Crippen LogP contribution in [-0.2, 0) is 10.1 Å². The highest BCUT2D eigenvalue weighted by Crippen LogP contribution is 2.19. The SMILES string of the molecule is CSN(SC)C(=S)S(=O)(=O)O. The Morgan fingerprint density at radius 3 is 1.91 bits per heavy atom. The summed E-state index contributed by atoms with van der Waals surface area (Å²) in [5, 5.41) is 0. The molecule has 0 aromatic carbocycles. The van der Waals surface area contributed by atoms with E-state index in [1.165, 1.54) is 3.71 Å². The smallest absolute Gasteiger partial charge is 0.280 e. The average Bonchev–Trinajstić information content (AvgIpc) is 1.88. The molecule has 0 aliphatic rings. The molecule has 0 aromatic rings.